The number of hydrogen-bond acceptors (Lipinski definition) is 3. The lowest BCUT2D eigenvalue weighted by atomic mass is 10.0. The molecule has 0 fully saturated rings. The molecule has 0 saturated heterocycles. The Kier molecular flexibility index (Phi) is 4.10. The standard InChI is InChI=1S/C10H15NO2S/c1-7(2)10(11-9(13)6-12)8-4-3-5-14-8/h3-5,7,10,12H,6H2,1-2H3,(H,11,13). The molecule has 1 heterocycles. The second-order valence-corrected chi connectivity index (χ2v) is 4.44. The summed E-state index contributed by atoms with van der Waals surface area (Å²) in [5.41, 5.74) is 0. The van der Waals surface area contributed by atoms with E-state index in [-0.39, 0.29) is 11.9 Å². The molecule has 0 aliphatic carbocycles. The topological polar surface area (TPSA) is 49.3 Å². The number of aliphatic hydroxyl groups is 1. The predicted octanol–water partition coefficient (Wildman–Crippen LogP) is 1.55. The Morgan fingerprint density at radius 3 is 2.79 bits per heavy atom. The summed E-state index contributed by atoms with van der Waals surface area (Å²) >= 11 is 1.62. The summed E-state index contributed by atoms with van der Waals surface area (Å²) in [7, 11) is 0. The van der Waals surface area contributed by atoms with Crippen LogP contribution in [0.25, 0.3) is 0 Å². The molecular weight excluding hydrogens is 198 g/mol. The lowest BCUT2D eigenvalue weighted by molar-refractivity contribution is -0.124. The van der Waals surface area contributed by atoms with Gasteiger partial charge in [0.05, 0.1) is 6.04 Å². The van der Waals surface area contributed by atoms with E-state index in [1.54, 1.807) is 11.3 Å². The Labute approximate surface area is 87.8 Å². The number of carbonyl (C=O) groups is 1. The fraction of sp³-hybridized carbons (Fsp3) is 0.500. The van der Waals surface area contributed by atoms with Crippen LogP contribution >= 0.6 is 11.3 Å². The molecule has 0 radical (unpaired) electrons. The summed E-state index contributed by atoms with van der Waals surface area (Å²) in [5.74, 6) is 0.00116. The van der Waals surface area contributed by atoms with Crippen molar-refractivity contribution in [2.45, 2.75) is 19.9 Å². The number of aliphatic hydroxyl groups excluding tert-OH is 1. The van der Waals surface area contributed by atoms with E-state index in [0.717, 1.165) is 4.88 Å². The summed E-state index contributed by atoms with van der Waals surface area (Å²) in [5, 5.41) is 13.4. The molecule has 0 aromatic carbocycles. The number of thiophene rings is 1. The molecule has 1 rings (SSSR count). The highest BCUT2D eigenvalue weighted by molar-refractivity contribution is 7.10. The molecule has 3 nitrogen and oxygen atoms in total. The van der Waals surface area contributed by atoms with Crippen LogP contribution in [0.2, 0.25) is 0 Å². The van der Waals surface area contributed by atoms with Gasteiger partial charge >= 0.3 is 0 Å². The van der Waals surface area contributed by atoms with Gasteiger partial charge in [-0.15, -0.1) is 11.3 Å². The van der Waals surface area contributed by atoms with Gasteiger partial charge in [-0.25, -0.2) is 0 Å². The van der Waals surface area contributed by atoms with Gasteiger partial charge in [-0.1, -0.05) is 19.9 Å². The molecule has 2 N–H and O–H groups in total. The number of nitrogens with one attached hydrogen (secondary N) is 1. The van der Waals surface area contributed by atoms with Gasteiger partial charge in [-0.2, -0.15) is 0 Å². The minimum absolute atomic E-state index is 0.00894. The van der Waals surface area contributed by atoms with Crippen LogP contribution in [-0.2, 0) is 4.79 Å². The highest BCUT2D eigenvalue weighted by atomic mass is 32.1. The quantitative estimate of drug-likeness (QED) is 0.797. The molecule has 1 amide bonds. The van der Waals surface area contributed by atoms with Crippen LogP contribution in [0.4, 0.5) is 0 Å². The van der Waals surface area contributed by atoms with Crippen molar-refractivity contribution in [1.82, 2.24) is 5.32 Å². The van der Waals surface area contributed by atoms with Crippen molar-refractivity contribution < 1.29 is 9.90 Å². The first-order valence-electron chi connectivity index (χ1n) is 4.58. The molecular formula is C10H15NO2S. The summed E-state index contributed by atoms with van der Waals surface area (Å²) in [6.45, 7) is 3.64. The van der Waals surface area contributed by atoms with Gasteiger partial charge in [0.2, 0.25) is 5.91 Å². The third-order valence-corrected chi connectivity index (χ3v) is 2.93. The van der Waals surface area contributed by atoms with Crippen LogP contribution in [0.5, 0.6) is 0 Å². The van der Waals surface area contributed by atoms with E-state index in [0.29, 0.717) is 5.92 Å². The van der Waals surface area contributed by atoms with Crippen molar-refractivity contribution in [3.8, 4) is 0 Å². The molecule has 0 saturated carbocycles. The second-order valence-electron chi connectivity index (χ2n) is 3.46. The normalized spacial score (nSPS) is 12.9. The molecule has 1 unspecified atom stereocenters. The third-order valence-electron chi connectivity index (χ3n) is 1.98. The van der Waals surface area contributed by atoms with E-state index in [2.05, 4.69) is 5.32 Å². The van der Waals surface area contributed by atoms with Crippen LogP contribution in [0, 0.1) is 5.92 Å². The average molecular weight is 213 g/mol. The first kappa shape index (κ1) is 11.2. The van der Waals surface area contributed by atoms with Gasteiger partial charge in [0.1, 0.15) is 6.61 Å². The molecule has 14 heavy (non-hydrogen) atoms. The molecule has 0 spiro atoms. The lowest BCUT2D eigenvalue weighted by Crippen LogP contribution is -2.33. The molecule has 1 aromatic heterocycles. The molecule has 78 valence electrons. The zero-order valence-corrected chi connectivity index (χ0v) is 9.17. The fourth-order valence-electron chi connectivity index (χ4n) is 1.25. The van der Waals surface area contributed by atoms with Gasteiger partial charge in [-0.3, -0.25) is 4.79 Å². The van der Waals surface area contributed by atoms with Gasteiger partial charge in [0, 0.05) is 4.88 Å². The minimum Gasteiger partial charge on any atom is -0.387 e. The van der Waals surface area contributed by atoms with Gasteiger partial charge < -0.3 is 10.4 Å². The van der Waals surface area contributed by atoms with E-state index in [1.807, 2.05) is 31.4 Å². The molecule has 4 heteroatoms. The maximum absolute atomic E-state index is 11.1. The van der Waals surface area contributed by atoms with Gasteiger partial charge in [-0.05, 0) is 17.4 Å². The molecule has 1 atom stereocenters. The fourth-order valence-corrected chi connectivity index (χ4v) is 2.20. The van der Waals surface area contributed by atoms with E-state index >= 15 is 0 Å². The van der Waals surface area contributed by atoms with E-state index in [9.17, 15) is 4.79 Å². The SMILES string of the molecule is CC(C)C(NC(=O)CO)c1cccs1. The highest BCUT2D eigenvalue weighted by Crippen LogP contribution is 2.25. The van der Waals surface area contributed by atoms with Crippen molar-refractivity contribution in [2.24, 2.45) is 5.92 Å². The number of hydrogen-bond donors (Lipinski definition) is 2. The third kappa shape index (κ3) is 2.82. The number of carbonyl (C=O) groups excluding carboxylic acids is 1. The van der Waals surface area contributed by atoms with Crippen LogP contribution in [0.3, 0.4) is 0 Å². The molecule has 0 aliphatic rings. The number of rotatable bonds is 4. The summed E-state index contributed by atoms with van der Waals surface area (Å²) in [4.78, 5) is 12.2. The lowest BCUT2D eigenvalue weighted by Gasteiger charge is -2.20. The monoisotopic (exact) mass is 213 g/mol. The van der Waals surface area contributed by atoms with Crippen molar-refractivity contribution in [3.05, 3.63) is 22.4 Å². The largest absolute Gasteiger partial charge is 0.387 e. The van der Waals surface area contributed by atoms with Crippen LogP contribution in [0.1, 0.15) is 24.8 Å². The van der Waals surface area contributed by atoms with Crippen LogP contribution < -0.4 is 5.32 Å². The van der Waals surface area contributed by atoms with Crippen LogP contribution in [0.15, 0.2) is 17.5 Å². The van der Waals surface area contributed by atoms with E-state index < -0.39 is 6.61 Å². The molecule has 0 aliphatic heterocycles. The summed E-state index contributed by atoms with van der Waals surface area (Å²) in [6.07, 6.45) is 0. The smallest absolute Gasteiger partial charge is 0.246 e. The van der Waals surface area contributed by atoms with Gasteiger partial charge in [0.15, 0.2) is 0 Å². The van der Waals surface area contributed by atoms with Crippen LogP contribution in [-0.4, -0.2) is 17.6 Å². The zero-order chi connectivity index (χ0) is 10.6. The first-order valence-corrected chi connectivity index (χ1v) is 5.46. The van der Waals surface area contributed by atoms with Crippen molar-refractivity contribution in [3.63, 3.8) is 0 Å². The average Bonchev–Trinajstić information content (AvgIpc) is 2.65. The second kappa shape index (κ2) is 5.12. The Hall–Kier alpha value is -0.870. The maximum Gasteiger partial charge on any atom is 0.246 e. The predicted molar refractivity (Wildman–Crippen MR) is 57.1 cm³/mol. The maximum atomic E-state index is 11.1. The van der Waals surface area contributed by atoms with Gasteiger partial charge in [0.25, 0.3) is 0 Å². The zero-order valence-electron chi connectivity index (χ0n) is 8.36. The molecule has 1 aromatic rings. The highest BCUT2D eigenvalue weighted by Gasteiger charge is 2.18. The summed E-state index contributed by atoms with van der Waals surface area (Å²) in [6, 6.07) is 3.96. The molecule has 0 bridgehead atoms. The van der Waals surface area contributed by atoms with E-state index in [1.165, 1.54) is 0 Å². The van der Waals surface area contributed by atoms with Crippen molar-refractivity contribution >= 4 is 17.2 Å². The Balaban J connectivity index is 2.70. The summed E-state index contributed by atoms with van der Waals surface area (Å²) < 4.78 is 0. The minimum atomic E-state index is -0.450. The Morgan fingerprint density at radius 1 is 1.64 bits per heavy atom. The number of amides is 1. The van der Waals surface area contributed by atoms with Crippen molar-refractivity contribution in [2.75, 3.05) is 6.61 Å². The van der Waals surface area contributed by atoms with Crippen molar-refractivity contribution in [1.29, 1.82) is 0 Å². The Morgan fingerprint density at radius 2 is 2.36 bits per heavy atom. The van der Waals surface area contributed by atoms with E-state index in [4.69, 9.17) is 5.11 Å². The Bertz CT molecular complexity index is 282. The first-order chi connectivity index (χ1) is 6.65.